The number of aliphatic hydroxyl groups excluding tert-OH is 1. The van der Waals surface area contributed by atoms with Crippen LogP contribution < -0.4 is 0 Å². The number of carbonyl (C=O) groups is 3. The Labute approximate surface area is 243 Å². The smallest absolute Gasteiger partial charge is 0.306 e. The number of hydrogen-bond acceptors (Lipinski definition) is 9. The van der Waals surface area contributed by atoms with E-state index in [1.165, 1.54) is 0 Å². The van der Waals surface area contributed by atoms with Crippen LogP contribution in [0, 0.1) is 29.1 Å². The number of hydrogen-bond donors (Lipinski definition) is 3. The van der Waals surface area contributed by atoms with Gasteiger partial charge in [0.2, 0.25) is 0 Å². The van der Waals surface area contributed by atoms with Crippen LogP contribution in [0.3, 0.4) is 0 Å². The van der Waals surface area contributed by atoms with Gasteiger partial charge in [-0.2, -0.15) is 0 Å². The number of carbonyl (C=O) groups excluding carboxylic acids is 3. The summed E-state index contributed by atoms with van der Waals surface area (Å²) in [7, 11) is 0. The van der Waals surface area contributed by atoms with Crippen LogP contribution in [0.5, 0.6) is 0 Å². The normalized spacial score (nSPS) is 40.1. The molecule has 9 heteroatoms. The Hall–Kier alpha value is -2.23. The minimum absolute atomic E-state index is 0.0202. The highest BCUT2D eigenvalue weighted by Gasteiger charge is 2.87. The van der Waals surface area contributed by atoms with Gasteiger partial charge in [0.15, 0.2) is 5.60 Å². The molecule has 3 N–H and O–H groups in total. The van der Waals surface area contributed by atoms with Crippen LogP contribution >= 0.6 is 0 Å². The van der Waals surface area contributed by atoms with Gasteiger partial charge in [-0.05, 0) is 37.3 Å². The van der Waals surface area contributed by atoms with Gasteiger partial charge < -0.3 is 29.5 Å². The predicted molar refractivity (Wildman–Crippen MR) is 150 cm³/mol. The van der Waals surface area contributed by atoms with Gasteiger partial charge in [0.25, 0.3) is 0 Å². The lowest BCUT2D eigenvalue weighted by molar-refractivity contribution is -0.235. The van der Waals surface area contributed by atoms with Crippen LogP contribution in [0.2, 0.25) is 0 Å². The van der Waals surface area contributed by atoms with E-state index in [2.05, 4.69) is 0 Å². The summed E-state index contributed by atoms with van der Waals surface area (Å²) in [5, 5.41) is 36.2. The Bertz CT molecular complexity index is 1120. The molecule has 4 aliphatic carbocycles. The van der Waals surface area contributed by atoms with Crippen LogP contribution in [-0.2, 0) is 28.6 Å². The van der Waals surface area contributed by atoms with Crippen molar-refractivity contribution in [3.63, 3.8) is 0 Å². The molecule has 0 heterocycles. The largest absolute Gasteiger partial charge is 0.461 e. The molecule has 0 aromatic rings. The van der Waals surface area contributed by atoms with Crippen molar-refractivity contribution in [3.8, 4) is 0 Å². The van der Waals surface area contributed by atoms with E-state index in [-0.39, 0.29) is 38.3 Å². The summed E-state index contributed by atoms with van der Waals surface area (Å²) in [5.74, 6) is -4.04. The van der Waals surface area contributed by atoms with Crippen LogP contribution in [0.15, 0.2) is 23.3 Å². The topological polar surface area (TPSA) is 140 Å². The van der Waals surface area contributed by atoms with Gasteiger partial charge in [0.05, 0.1) is 5.60 Å². The van der Waals surface area contributed by atoms with Gasteiger partial charge >= 0.3 is 17.9 Å². The summed E-state index contributed by atoms with van der Waals surface area (Å²) < 4.78 is 17.9. The van der Waals surface area contributed by atoms with Crippen molar-refractivity contribution < 1.29 is 43.9 Å². The Morgan fingerprint density at radius 2 is 1.54 bits per heavy atom. The zero-order valence-corrected chi connectivity index (χ0v) is 25.6. The van der Waals surface area contributed by atoms with E-state index in [1.807, 2.05) is 40.7 Å². The molecular formula is C32H48O9. The maximum absolute atomic E-state index is 13.0. The van der Waals surface area contributed by atoms with Crippen molar-refractivity contribution in [3.05, 3.63) is 23.3 Å². The Balaban J connectivity index is 1.88. The van der Waals surface area contributed by atoms with Gasteiger partial charge in [0, 0.05) is 54.8 Å². The number of esters is 3. The molecule has 41 heavy (non-hydrogen) atoms. The lowest BCUT2D eigenvalue weighted by Crippen LogP contribution is -2.66. The van der Waals surface area contributed by atoms with E-state index < -0.39 is 70.0 Å². The third kappa shape index (κ3) is 4.76. The number of rotatable bonds is 10. The van der Waals surface area contributed by atoms with E-state index in [0.717, 1.165) is 0 Å². The van der Waals surface area contributed by atoms with E-state index >= 15 is 0 Å². The molecule has 9 nitrogen and oxygen atoms in total. The first-order chi connectivity index (χ1) is 19.2. The predicted octanol–water partition coefficient (Wildman–Crippen LogP) is 3.77. The summed E-state index contributed by atoms with van der Waals surface area (Å²) in [6.07, 6.45) is 3.76. The molecule has 0 saturated heterocycles. The highest BCUT2D eigenvalue weighted by atomic mass is 16.6. The summed E-state index contributed by atoms with van der Waals surface area (Å²) in [6, 6.07) is 0. The van der Waals surface area contributed by atoms with E-state index in [9.17, 15) is 29.7 Å². The summed E-state index contributed by atoms with van der Waals surface area (Å²) >= 11 is 0. The summed E-state index contributed by atoms with van der Waals surface area (Å²) in [6.45, 7) is 12.9. The molecule has 230 valence electrons. The molecule has 2 saturated carbocycles. The van der Waals surface area contributed by atoms with Crippen LogP contribution in [0.4, 0.5) is 0 Å². The number of aliphatic hydroxyl groups is 3. The molecular weight excluding hydrogens is 528 g/mol. The molecule has 0 spiro atoms. The van der Waals surface area contributed by atoms with Crippen LogP contribution in [0.1, 0.15) is 93.4 Å². The highest BCUT2D eigenvalue weighted by Crippen LogP contribution is 2.77. The molecule has 0 radical (unpaired) electrons. The number of ether oxygens (including phenoxy) is 3. The molecule has 2 fully saturated rings. The third-order valence-electron chi connectivity index (χ3n) is 10.3. The first kappa shape index (κ1) is 31.7. The van der Waals surface area contributed by atoms with E-state index in [1.54, 1.807) is 19.9 Å². The number of fused-ring (bicyclic) bond motifs is 5. The fourth-order valence-corrected chi connectivity index (χ4v) is 8.28. The first-order valence-electron chi connectivity index (χ1n) is 15.2. The zero-order chi connectivity index (χ0) is 30.5. The van der Waals surface area contributed by atoms with Gasteiger partial charge in [-0.3, -0.25) is 14.4 Å². The third-order valence-corrected chi connectivity index (χ3v) is 10.3. The maximum atomic E-state index is 13.0. The second-order valence-electron chi connectivity index (χ2n) is 13.3. The summed E-state index contributed by atoms with van der Waals surface area (Å²) in [5.41, 5.74) is -4.25. The second-order valence-corrected chi connectivity index (χ2v) is 13.3. The summed E-state index contributed by atoms with van der Waals surface area (Å²) in [4.78, 5) is 38.3. The fraction of sp³-hybridized carbons (Fsp3) is 0.781. The van der Waals surface area contributed by atoms with E-state index in [4.69, 9.17) is 14.2 Å². The molecule has 4 rings (SSSR count). The highest BCUT2D eigenvalue weighted by molar-refractivity contribution is 5.72. The fourth-order valence-electron chi connectivity index (χ4n) is 8.28. The van der Waals surface area contributed by atoms with Gasteiger partial charge in [-0.15, -0.1) is 0 Å². The monoisotopic (exact) mass is 576 g/mol. The van der Waals surface area contributed by atoms with Gasteiger partial charge in [0.1, 0.15) is 24.4 Å². The molecule has 0 aromatic heterocycles. The average molecular weight is 577 g/mol. The first-order valence-corrected chi connectivity index (χ1v) is 15.2. The van der Waals surface area contributed by atoms with Crippen molar-refractivity contribution >= 4 is 17.9 Å². The lowest BCUT2D eigenvalue weighted by Gasteiger charge is -2.53. The van der Waals surface area contributed by atoms with Crippen molar-refractivity contribution in [2.45, 2.75) is 122 Å². The lowest BCUT2D eigenvalue weighted by atomic mass is 9.59. The van der Waals surface area contributed by atoms with Crippen LogP contribution in [-0.4, -0.2) is 68.8 Å². The van der Waals surface area contributed by atoms with Crippen LogP contribution in [0.25, 0.3) is 0 Å². The molecule has 9 atom stereocenters. The Morgan fingerprint density at radius 1 is 0.951 bits per heavy atom. The Kier molecular flexibility index (Phi) is 8.60. The minimum Gasteiger partial charge on any atom is -0.461 e. The van der Waals surface area contributed by atoms with Crippen molar-refractivity contribution in [1.29, 1.82) is 0 Å². The molecule has 4 aliphatic rings. The van der Waals surface area contributed by atoms with Crippen molar-refractivity contribution in [2.75, 3.05) is 6.61 Å². The maximum Gasteiger partial charge on any atom is 0.306 e. The minimum atomic E-state index is -1.78. The quantitative estimate of drug-likeness (QED) is 0.201. The van der Waals surface area contributed by atoms with Gasteiger partial charge in [-0.1, -0.05) is 53.7 Å². The Morgan fingerprint density at radius 3 is 2.15 bits per heavy atom. The SMILES string of the molecule is CCCC(=O)OCC1=C[C@H]2[C@@H]3C(C)(C)[C@]3(OC(=O)CCC)[C@H](OC(=O)CCC)[C@@H](C)[C@]2(O)[C@@H]2C=C(C)[C@@H](O)[C@@]2(O)C1. The van der Waals surface area contributed by atoms with Gasteiger partial charge in [-0.25, -0.2) is 0 Å². The molecule has 0 aliphatic heterocycles. The molecule has 0 aromatic carbocycles. The molecule has 0 amide bonds. The standard InChI is InChI=1S/C32H48O9/c1-8-11-23(33)39-17-20-15-21-26-29(6,7)32(26,41-25(35)13-10-3)28(40-24(34)12-9-2)19(5)31(21,38)22-14-18(4)27(36)30(22,37)16-20/h14-15,19,21-22,26-28,36-38H,8-13,16-17H2,1-7H3/t19-,21+,22-,26-,27-,28-,30-,31-,32-/m1/s1. The molecule has 0 bridgehead atoms. The van der Waals surface area contributed by atoms with E-state index in [0.29, 0.717) is 30.4 Å². The van der Waals surface area contributed by atoms with Crippen molar-refractivity contribution in [1.82, 2.24) is 0 Å². The molecule has 0 unspecified atom stereocenters. The van der Waals surface area contributed by atoms with Crippen molar-refractivity contribution in [2.24, 2.45) is 29.1 Å². The zero-order valence-electron chi connectivity index (χ0n) is 25.6. The average Bonchev–Trinajstić information content (AvgIpc) is 3.31. The second kappa shape index (κ2) is 11.1.